The lowest BCUT2D eigenvalue weighted by atomic mass is 10.2. The molecule has 1 fully saturated rings. The van der Waals surface area contributed by atoms with Crippen molar-refractivity contribution in [2.24, 2.45) is 0 Å². The van der Waals surface area contributed by atoms with E-state index < -0.39 is 0 Å². The Bertz CT molecular complexity index is 448. The van der Waals surface area contributed by atoms with E-state index in [-0.39, 0.29) is 24.4 Å². The number of hydrogen-bond acceptors (Lipinski definition) is 4. The lowest BCUT2D eigenvalue weighted by molar-refractivity contribution is -0.120. The number of hydrogen-bond donors (Lipinski definition) is 2. The molecule has 0 saturated heterocycles. The summed E-state index contributed by atoms with van der Waals surface area (Å²) < 4.78 is 0. The molecule has 1 aliphatic rings. The minimum absolute atomic E-state index is 0.0523. The molecule has 1 aromatic heterocycles. The lowest BCUT2D eigenvalue weighted by Gasteiger charge is -2.20. The maximum atomic E-state index is 11.9. The maximum absolute atomic E-state index is 11.9. The van der Waals surface area contributed by atoms with Gasteiger partial charge in [-0.2, -0.15) is 11.8 Å². The molecule has 0 spiro atoms. The second kappa shape index (κ2) is 7.69. The van der Waals surface area contributed by atoms with E-state index in [9.17, 15) is 9.59 Å². The normalized spacial score (nSPS) is 21.6. The van der Waals surface area contributed by atoms with E-state index in [0.29, 0.717) is 10.1 Å². The average Bonchev–Trinajstić information content (AvgIpc) is 3.09. The number of rotatable bonds is 6. The number of thiophene rings is 1. The van der Waals surface area contributed by atoms with E-state index in [1.165, 1.54) is 24.2 Å². The number of thioether (sulfide) groups is 1. The van der Waals surface area contributed by atoms with Gasteiger partial charge in [-0.15, -0.1) is 11.3 Å². The molecule has 0 aromatic carbocycles. The first-order chi connectivity index (χ1) is 9.70. The SMILES string of the molecule is CCS[C@H]1CCC[C@H]1NC(=O)CNC(=O)c1cccs1. The monoisotopic (exact) mass is 312 g/mol. The fourth-order valence-electron chi connectivity index (χ4n) is 2.42. The van der Waals surface area contributed by atoms with E-state index in [0.717, 1.165) is 12.2 Å². The lowest BCUT2D eigenvalue weighted by Crippen LogP contribution is -2.44. The molecule has 2 atom stereocenters. The van der Waals surface area contributed by atoms with Gasteiger partial charge in [0, 0.05) is 11.3 Å². The van der Waals surface area contributed by atoms with Crippen molar-refractivity contribution in [1.82, 2.24) is 10.6 Å². The molecular weight excluding hydrogens is 292 g/mol. The number of nitrogens with one attached hydrogen (secondary N) is 2. The Balaban J connectivity index is 1.74. The summed E-state index contributed by atoms with van der Waals surface area (Å²) in [5.41, 5.74) is 0. The third kappa shape index (κ3) is 4.24. The zero-order chi connectivity index (χ0) is 14.4. The largest absolute Gasteiger partial charge is 0.351 e. The third-order valence-corrected chi connectivity index (χ3v) is 5.53. The Labute approximate surface area is 127 Å². The zero-order valence-corrected chi connectivity index (χ0v) is 13.2. The summed E-state index contributed by atoms with van der Waals surface area (Å²) in [6, 6.07) is 3.83. The molecule has 1 saturated carbocycles. The molecule has 1 heterocycles. The van der Waals surface area contributed by atoms with Crippen LogP contribution in [0.15, 0.2) is 17.5 Å². The minimum atomic E-state index is -0.180. The molecule has 2 amide bonds. The summed E-state index contributed by atoms with van der Waals surface area (Å²) in [5, 5.41) is 8.07. The predicted molar refractivity (Wildman–Crippen MR) is 84.4 cm³/mol. The second-order valence-electron chi connectivity index (χ2n) is 4.76. The molecule has 6 heteroatoms. The molecule has 1 aromatic rings. The molecule has 1 aliphatic carbocycles. The van der Waals surface area contributed by atoms with Gasteiger partial charge in [0.25, 0.3) is 5.91 Å². The molecule has 20 heavy (non-hydrogen) atoms. The molecule has 0 unspecified atom stereocenters. The smallest absolute Gasteiger partial charge is 0.261 e. The maximum Gasteiger partial charge on any atom is 0.261 e. The van der Waals surface area contributed by atoms with Crippen molar-refractivity contribution in [3.8, 4) is 0 Å². The van der Waals surface area contributed by atoms with Gasteiger partial charge in [-0.25, -0.2) is 0 Å². The zero-order valence-electron chi connectivity index (χ0n) is 11.6. The standard InChI is InChI=1S/C14H20N2O2S2/c1-2-19-11-6-3-5-10(11)16-13(17)9-15-14(18)12-7-4-8-20-12/h4,7-8,10-11H,2-3,5-6,9H2,1H3,(H,15,18)(H,16,17)/t10-,11+/m1/s1. The van der Waals surface area contributed by atoms with Crippen LogP contribution in [-0.4, -0.2) is 35.4 Å². The number of carbonyl (C=O) groups excluding carboxylic acids is 2. The van der Waals surface area contributed by atoms with Gasteiger partial charge in [0.1, 0.15) is 0 Å². The summed E-state index contributed by atoms with van der Waals surface area (Å²) >= 11 is 3.29. The first-order valence-corrected chi connectivity index (χ1v) is 8.86. The molecule has 0 bridgehead atoms. The van der Waals surface area contributed by atoms with Gasteiger partial charge in [0.2, 0.25) is 5.91 Å². The van der Waals surface area contributed by atoms with Crippen molar-refractivity contribution in [2.75, 3.05) is 12.3 Å². The van der Waals surface area contributed by atoms with Crippen molar-refractivity contribution in [2.45, 2.75) is 37.5 Å². The Hall–Kier alpha value is -1.01. The van der Waals surface area contributed by atoms with Crippen molar-refractivity contribution in [3.63, 3.8) is 0 Å². The van der Waals surface area contributed by atoms with Crippen LogP contribution in [0.4, 0.5) is 0 Å². The molecule has 2 N–H and O–H groups in total. The van der Waals surface area contributed by atoms with Crippen LogP contribution in [0.25, 0.3) is 0 Å². The fourth-order valence-corrected chi connectivity index (χ4v) is 4.26. The second-order valence-corrected chi connectivity index (χ2v) is 7.22. The Kier molecular flexibility index (Phi) is 5.91. The van der Waals surface area contributed by atoms with Crippen molar-refractivity contribution in [1.29, 1.82) is 0 Å². The minimum Gasteiger partial charge on any atom is -0.351 e. The highest BCUT2D eigenvalue weighted by Gasteiger charge is 2.28. The first-order valence-electron chi connectivity index (χ1n) is 6.93. The van der Waals surface area contributed by atoms with Crippen LogP contribution in [-0.2, 0) is 4.79 Å². The van der Waals surface area contributed by atoms with Crippen molar-refractivity contribution in [3.05, 3.63) is 22.4 Å². The molecule has 4 nitrogen and oxygen atoms in total. The summed E-state index contributed by atoms with van der Waals surface area (Å²) in [4.78, 5) is 24.3. The number of amides is 2. The average molecular weight is 312 g/mol. The first kappa shape index (κ1) is 15.4. The topological polar surface area (TPSA) is 58.2 Å². The Morgan fingerprint density at radius 2 is 2.30 bits per heavy atom. The van der Waals surface area contributed by atoms with E-state index in [2.05, 4.69) is 17.6 Å². The quantitative estimate of drug-likeness (QED) is 0.847. The van der Waals surface area contributed by atoms with Gasteiger partial charge in [-0.05, 0) is 30.0 Å². The van der Waals surface area contributed by atoms with Crippen LogP contribution in [0.3, 0.4) is 0 Å². The molecule has 2 rings (SSSR count). The van der Waals surface area contributed by atoms with Crippen LogP contribution in [0, 0.1) is 0 Å². The molecular formula is C14H20N2O2S2. The summed E-state index contributed by atoms with van der Waals surface area (Å²) in [5.74, 6) is 0.802. The Morgan fingerprint density at radius 1 is 1.45 bits per heavy atom. The summed E-state index contributed by atoms with van der Waals surface area (Å²) in [7, 11) is 0. The van der Waals surface area contributed by atoms with Gasteiger partial charge in [-0.1, -0.05) is 19.4 Å². The van der Waals surface area contributed by atoms with Crippen LogP contribution < -0.4 is 10.6 Å². The van der Waals surface area contributed by atoms with E-state index in [1.54, 1.807) is 6.07 Å². The van der Waals surface area contributed by atoms with E-state index in [1.807, 2.05) is 23.2 Å². The summed E-state index contributed by atoms with van der Waals surface area (Å²) in [6.07, 6.45) is 3.39. The van der Waals surface area contributed by atoms with Crippen LogP contribution in [0.1, 0.15) is 35.9 Å². The molecule has 0 radical (unpaired) electrons. The van der Waals surface area contributed by atoms with Gasteiger partial charge in [0.05, 0.1) is 11.4 Å². The van der Waals surface area contributed by atoms with E-state index >= 15 is 0 Å². The van der Waals surface area contributed by atoms with Crippen molar-refractivity contribution >= 4 is 34.9 Å². The van der Waals surface area contributed by atoms with Gasteiger partial charge in [0.15, 0.2) is 0 Å². The Morgan fingerprint density at radius 3 is 3.00 bits per heavy atom. The van der Waals surface area contributed by atoms with Crippen LogP contribution >= 0.6 is 23.1 Å². The van der Waals surface area contributed by atoms with Crippen LogP contribution in [0.2, 0.25) is 0 Å². The highest BCUT2D eigenvalue weighted by Crippen LogP contribution is 2.29. The van der Waals surface area contributed by atoms with Gasteiger partial charge in [-0.3, -0.25) is 9.59 Å². The molecule has 0 aliphatic heterocycles. The third-order valence-electron chi connectivity index (χ3n) is 3.33. The number of carbonyl (C=O) groups is 2. The van der Waals surface area contributed by atoms with Crippen LogP contribution in [0.5, 0.6) is 0 Å². The fraction of sp³-hybridized carbons (Fsp3) is 0.571. The van der Waals surface area contributed by atoms with Gasteiger partial charge < -0.3 is 10.6 Å². The van der Waals surface area contributed by atoms with Crippen molar-refractivity contribution < 1.29 is 9.59 Å². The van der Waals surface area contributed by atoms with Gasteiger partial charge >= 0.3 is 0 Å². The highest BCUT2D eigenvalue weighted by molar-refractivity contribution is 7.99. The summed E-state index contributed by atoms with van der Waals surface area (Å²) in [6.45, 7) is 2.19. The predicted octanol–water partition coefficient (Wildman–Crippen LogP) is 2.27. The highest BCUT2D eigenvalue weighted by atomic mass is 32.2. The molecule has 110 valence electrons. The van der Waals surface area contributed by atoms with E-state index in [4.69, 9.17) is 0 Å².